The Morgan fingerprint density at radius 1 is 1.14 bits per heavy atom. The lowest BCUT2D eigenvalue weighted by molar-refractivity contribution is -0.274. The second kappa shape index (κ2) is 9.49. The van der Waals surface area contributed by atoms with E-state index in [0.29, 0.717) is 0 Å². The maximum Gasteiger partial charge on any atom is 0.573 e. The van der Waals surface area contributed by atoms with Crippen molar-refractivity contribution in [2.45, 2.75) is 6.36 Å². The Labute approximate surface area is 164 Å². The molecule has 0 amide bonds. The number of rotatable bonds is 5. The molecule has 0 radical (unpaired) electrons. The van der Waals surface area contributed by atoms with Gasteiger partial charge in [0, 0.05) is 13.2 Å². The van der Waals surface area contributed by atoms with Crippen molar-refractivity contribution in [1.29, 1.82) is 0 Å². The van der Waals surface area contributed by atoms with Gasteiger partial charge in [-0.15, -0.1) is 13.2 Å². The van der Waals surface area contributed by atoms with Gasteiger partial charge in [0.15, 0.2) is 5.84 Å². The van der Waals surface area contributed by atoms with Crippen LogP contribution in [-0.2, 0) is 0 Å². The summed E-state index contributed by atoms with van der Waals surface area (Å²) in [5, 5.41) is 2.80. The van der Waals surface area contributed by atoms with Gasteiger partial charge in [-0.2, -0.15) is 0 Å². The van der Waals surface area contributed by atoms with Crippen molar-refractivity contribution >= 4 is 29.8 Å². The number of benzene rings is 2. The smallest absolute Gasteiger partial charge is 0.406 e. The molecule has 0 saturated heterocycles. The fourth-order valence-corrected chi connectivity index (χ4v) is 2.22. The van der Waals surface area contributed by atoms with Gasteiger partial charge in [-0.3, -0.25) is 4.99 Å². The molecular formula is C19H17F4N5O. The normalized spacial score (nSPS) is 13.2. The molecule has 0 aliphatic rings. The van der Waals surface area contributed by atoms with E-state index in [1.54, 1.807) is 6.07 Å². The van der Waals surface area contributed by atoms with E-state index in [4.69, 9.17) is 5.73 Å². The van der Waals surface area contributed by atoms with Crippen LogP contribution in [0.15, 0.2) is 75.3 Å². The Kier molecular flexibility index (Phi) is 7.07. The third kappa shape index (κ3) is 6.16. The Hall–Kier alpha value is -3.69. The third-order valence-electron chi connectivity index (χ3n) is 3.47. The first-order valence-electron chi connectivity index (χ1n) is 8.09. The molecule has 29 heavy (non-hydrogen) atoms. The molecule has 2 aromatic carbocycles. The summed E-state index contributed by atoms with van der Waals surface area (Å²) in [5.41, 5.74) is 6.31. The first-order chi connectivity index (χ1) is 13.8. The van der Waals surface area contributed by atoms with Crippen molar-refractivity contribution in [2.75, 3.05) is 12.4 Å². The van der Waals surface area contributed by atoms with Crippen molar-refractivity contribution in [3.63, 3.8) is 0 Å². The molecule has 6 nitrogen and oxygen atoms in total. The summed E-state index contributed by atoms with van der Waals surface area (Å²) in [5.74, 6) is -0.700. The van der Waals surface area contributed by atoms with E-state index in [1.807, 2.05) is 0 Å². The number of nitrogens with one attached hydrogen (secondary N) is 1. The zero-order valence-electron chi connectivity index (χ0n) is 15.2. The largest absolute Gasteiger partial charge is 0.573 e. The topological polar surface area (TPSA) is 84.4 Å². The highest BCUT2D eigenvalue weighted by molar-refractivity contribution is 6.28. The van der Waals surface area contributed by atoms with E-state index in [9.17, 15) is 17.6 Å². The van der Waals surface area contributed by atoms with Crippen LogP contribution in [0, 0.1) is 5.82 Å². The number of alkyl halides is 3. The van der Waals surface area contributed by atoms with Gasteiger partial charge in [-0.25, -0.2) is 14.4 Å². The van der Waals surface area contributed by atoms with Gasteiger partial charge < -0.3 is 15.8 Å². The summed E-state index contributed by atoms with van der Waals surface area (Å²) >= 11 is 0. The molecule has 2 aromatic rings. The molecule has 2 rings (SSSR count). The highest BCUT2D eigenvalue weighted by atomic mass is 19.4. The van der Waals surface area contributed by atoms with Gasteiger partial charge in [0.05, 0.1) is 16.9 Å². The van der Waals surface area contributed by atoms with Crippen molar-refractivity contribution in [1.82, 2.24) is 0 Å². The van der Waals surface area contributed by atoms with Crippen LogP contribution in [-0.4, -0.2) is 31.8 Å². The number of anilines is 1. The van der Waals surface area contributed by atoms with E-state index in [1.165, 1.54) is 37.4 Å². The van der Waals surface area contributed by atoms with Gasteiger partial charge in [-0.1, -0.05) is 12.1 Å². The number of aliphatic imine (C=N–C) groups is 3. The predicted octanol–water partition coefficient (Wildman–Crippen LogP) is 4.44. The monoisotopic (exact) mass is 407 g/mol. The second-order valence-electron chi connectivity index (χ2n) is 5.39. The van der Waals surface area contributed by atoms with Crippen molar-refractivity contribution in [2.24, 2.45) is 20.7 Å². The van der Waals surface area contributed by atoms with Crippen LogP contribution in [0.3, 0.4) is 0 Å². The van der Waals surface area contributed by atoms with Crippen molar-refractivity contribution in [3.8, 4) is 5.75 Å². The highest BCUT2D eigenvalue weighted by Gasteiger charge is 2.30. The minimum absolute atomic E-state index is 0.0291. The quantitative estimate of drug-likeness (QED) is 0.437. The molecule has 0 bridgehead atoms. The Morgan fingerprint density at radius 2 is 1.79 bits per heavy atom. The minimum atomic E-state index is -4.79. The lowest BCUT2D eigenvalue weighted by Gasteiger charge is -2.13. The average molecular weight is 407 g/mol. The standard InChI is InChI=1S/C19H17F4N5O/c1-25-17(27-12-7-9-13(10-8-12)29-19(21,22)23)14(11-24)18(26-2)28-16-6-4-3-5-15(16)20/h3-11H,1,24H2,2H3,(H,26,28). The van der Waals surface area contributed by atoms with Crippen molar-refractivity contribution in [3.05, 3.63) is 66.1 Å². The molecular weight excluding hydrogens is 390 g/mol. The molecule has 3 N–H and O–H groups in total. The molecule has 152 valence electrons. The number of nitrogens with zero attached hydrogens (tertiary/aromatic N) is 3. The molecule has 0 aromatic heterocycles. The molecule has 0 saturated carbocycles. The van der Waals surface area contributed by atoms with Gasteiger partial charge in [0.1, 0.15) is 17.4 Å². The van der Waals surface area contributed by atoms with E-state index >= 15 is 0 Å². The van der Waals surface area contributed by atoms with E-state index in [-0.39, 0.29) is 28.6 Å². The van der Waals surface area contributed by atoms with Gasteiger partial charge in [0.2, 0.25) is 0 Å². The third-order valence-corrected chi connectivity index (χ3v) is 3.47. The molecule has 0 heterocycles. The van der Waals surface area contributed by atoms with Crippen LogP contribution in [0.2, 0.25) is 0 Å². The molecule has 0 atom stereocenters. The summed E-state index contributed by atoms with van der Waals surface area (Å²) in [6.07, 6.45) is -3.64. The first kappa shape index (κ1) is 21.6. The SMILES string of the molecule is C=NC(=Nc1ccc(OC(F)(F)F)cc1)C(=CN)C(=NC)Nc1ccccc1F. The number of halogens is 4. The molecule has 10 heteroatoms. The Bertz CT molecular complexity index is 950. The summed E-state index contributed by atoms with van der Waals surface area (Å²) in [4.78, 5) is 12.0. The van der Waals surface area contributed by atoms with E-state index in [0.717, 1.165) is 18.3 Å². The Morgan fingerprint density at radius 3 is 2.31 bits per heavy atom. The second-order valence-corrected chi connectivity index (χ2v) is 5.39. The minimum Gasteiger partial charge on any atom is -0.406 e. The molecule has 0 aliphatic heterocycles. The lowest BCUT2D eigenvalue weighted by Crippen LogP contribution is -2.22. The molecule has 0 aliphatic carbocycles. The Balaban J connectivity index is 2.29. The molecule has 0 spiro atoms. The molecule has 0 fully saturated rings. The summed E-state index contributed by atoms with van der Waals surface area (Å²) < 4.78 is 54.5. The first-order valence-corrected chi connectivity index (χ1v) is 8.09. The predicted molar refractivity (Wildman–Crippen MR) is 105 cm³/mol. The van der Waals surface area contributed by atoms with Gasteiger partial charge >= 0.3 is 6.36 Å². The van der Waals surface area contributed by atoms with E-state index in [2.05, 4.69) is 31.7 Å². The average Bonchev–Trinajstić information content (AvgIpc) is 2.68. The maximum atomic E-state index is 13.9. The van der Waals surface area contributed by atoms with Crippen LogP contribution < -0.4 is 15.8 Å². The number of amidine groups is 2. The summed E-state index contributed by atoms with van der Waals surface area (Å²) in [6.45, 7) is 3.43. The number of nitrogens with two attached hydrogens (primary N) is 1. The van der Waals surface area contributed by atoms with Crippen LogP contribution in [0.4, 0.5) is 28.9 Å². The van der Waals surface area contributed by atoms with Crippen LogP contribution >= 0.6 is 0 Å². The van der Waals surface area contributed by atoms with E-state index < -0.39 is 17.9 Å². The fourth-order valence-electron chi connectivity index (χ4n) is 2.22. The lowest BCUT2D eigenvalue weighted by atomic mass is 10.2. The zero-order valence-corrected chi connectivity index (χ0v) is 15.2. The van der Waals surface area contributed by atoms with Gasteiger partial charge in [0.25, 0.3) is 0 Å². The number of hydrogen-bond donors (Lipinski definition) is 2. The van der Waals surface area contributed by atoms with Crippen LogP contribution in [0.25, 0.3) is 0 Å². The van der Waals surface area contributed by atoms with Crippen LogP contribution in [0.1, 0.15) is 0 Å². The maximum absolute atomic E-state index is 13.9. The summed E-state index contributed by atoms with van der Waals surface area (Å²) in [6, 6.07) is 10.7. The zero-order chi connectivity index (χ0) is 21.4. The van der Waals surface area contributed by atoms with Gasteiger partial charge in [-0.05, 0) is 43.1 Å². The van der Waals surface area contributed by atoms with Crippen molar-refractivity contribution < 1.29 is 22.3 Å². The molecule has 0 unspecified atom stereocenters. The highest BCUT2D eigenvalue weighted by Crippen LogP contribution is 2.25. The number of para-hydroxylation sites is 1. The summed E-state index contributed by atoms with van der Waals surface area (Å²) in [7, 11) is 1.46. The number of ether oxygens (including phenoxy) is 1. The van der Waals surface area contributed by atoms with Crippen LogP contribution in [0.5, 0.6) is 5.75 Å². The number of hydrogen-bond acceptors (Lipinski definition) is 4. The fraction of sp³-hybridized carbons (Fsp3) is 0.105.